The maximum Gasteiger partial charge on any atom is 0.253 e. The van der Waals surface area contributed by atoms with Gasteiger partial charge in [-0.3, -0.25) is 9.59 Å². The van der Waals surface area contributed by atoms with Crippen LogP contribution in [0.15, 0.2) is 24.3 Å². The van der Waals surface area contributed by atoms with Crippen molar-refractivity contribution in [1.29, 1.82) is 0 Å². The molecule has 0 radical (unpaired) electrons. The highest BCUT2D eigenvalue weighted by Gasteiger charge is 2.35. The zero-order chi connectivity index (χ0) is 14.0. The van der Waals surface area contributed by atoms with E-state index < -0.39 is 0 Å². The molecule has 2 amide bonds. The lowest BCUT2D eigenvalue weighted by Gasteiger charge is -2.16. The number of amides is 2. The van der Waals surface area contributed by atoms with E-state index >= 15 is 0 Å². The fraction of sp³-hybridized carbons (Fsp3) is 0.429. The van der Waals surface area contributed by atoms with Crippen LogP contribution in [0.5, 0.6) is 5.75 Å². The number of methoxy groups -OCH3 is 1. The van der Waals surface area contributed by atoms with E-state index in [1.807, 2.05) is 6.92 Å². The summed E-state index contributed by atoms with van der Waals surface area (Å²) in [5.74, 6) is 0.166. The normalized spacial score (nSPS) is 22.3. The molecule has 1 aliphatic heterocycles. The van der Waals surface area contributed by atoms with Crippen molar-refractivity contribution in [3.63, 3.8) is 0 Å². The first kappa shape index (κ1) is 13.4. The molecule has 0 aliphatic carbocycles. The average Bonchev–Trinajstić information content (AvgIpc) is 2.80. The summed E-state index contributed by atoms with van der Waals surface area (Å²) in [5, 5.41) is 0. The number of hydrogen-bond acceptors (Lipinski definition) is 3. The van der Waals surface area contributed by atoms with Gasteiger partial charge in [-0.05, 0) is 30.2 Å². The van der Waals surface area contributed by atoms with E-state index in [1.165, 1.54) is 0 Å². The third kappa shape index (κ3) is 2.70. The predicted octanol–water partition coefficient (Wildman–Crippen LogP) is 0.889. The molecule has 0 unspecified atom stereocenters. The van der Waals surface area contributed by atoms with Crippen molar-refractivity contribution in [1.82, 2.24) is 4.90 Å². The van der Waals surface area contributed by atoms with Gasteiger partial charge in [0, 0.05) is 18.7 Å². The number of carbonyl (C=O) groups is 2. The largest absolute Gasteiger partial charge is 0.497 e. The number of primary amides is 1. The third-order valence-corrected chi connectivity index (χ3v) is 3.60. The molecule has 2 atom stereocenters. The van der Waals surface area contributed by atoms with Crippen LogP contribution in [0.25, 0.3) is 0 Å². The maximum absolute atomic E-state index is 12.3. The number of rotatable bonds is 3. The van der Waals surface area contributed by atoms with E-state index in [0.717, 1.165) is 0 Å². The van der Waals surface area contributed by atoms with Crippen molar-refractivity contribution in [2.75, 3.05) is 20.2 Å². The van der Waals surface area contributed by atoms with Crippen molar-refractivity contribution in [2.24, 2.45) is 17.6 Å². The Morgan fingerprint density at radius 2 is 1.89 bits per heavy atom. The van der Waals surface area contributed by atoms with E-state index in [4.69, 9.17) is 10.5 Å². The molecule has 1 saturated heterocycles. The van der Waals surface area contributed by atoms with Gasteiger partial charge in [-0.15, -0.1) is 0 Å². The van der Waals surface area contributed by atoms with Crippen LogP contribution in [0.3, 0.4) is 0 Å². The lowest BCUT2D eigenvalue weighted by Crippen LogP contribution is -2.31. The van der Waals surface area contributed by atoms with Gasteiger partial charge < -0.3 is 15.4 Å². The summed E-state index contributed by atoms with van der Waals surface area (Å²) >= 11 is 0. The second-order valence-corrected chi connectivity index (χ2v) is 4.92. The average molecular weight is 262 g/mol. The first-order valence-electron chi connectivity index (χ1n) is 6.25. The fourth-order valence-corrected chi connectivity index (χ4v) is 2.42. The van der Waals surface area contributed by atoms with Gasteiger partial charge in [0.2, 0.25) is 5.91 Å². The number of nitrogens with two attached hydrogens (primary N) is 1. The van der Waals surface area contributed by atoms with Crippen molar-refractivity contribution in [3.8, 4) is 5.75 Å². The Morgan fingerprint density at radius 3 is 2.37 bits per heavy atom. The number of likely N-dealkylation sites (tertiary alicyclic amines) is 1. The Kier molecular flexibility index (Phi) is 3.74. The van der Waals surface area contributed by atoms with E-state index in [1.54, 1.807) is 36.3 Å². The van der Waals surface area contributed by atoms with E-state index in [9.17, 15) is 9.59 Å². The summed E-state index contributed by atoms with van der Waals surface area (Å²) in [6, 6.07) is 6.95. The molecule has 0 spiro atoms. The zero-order valence-corrected chi connectivity index (χ0v) is 11.1. The zero-order valence-electron chi connectivity index (χ0n) is 11.1. The molecule has 1 aromatic rings. The van der Waals surface area contributed by atoms with Crippen LogP contribution in [-0.4, -0.2) is 36.9 Å². The van der Waals surface area contributed by atoms with Crippen molar-refractivity contribution in [3.05, 3.63) is 29.8 Å². The molecule has 1 fully saturated rings. The Hall–Kier alpha value is -2.04. The summed E-state index contributed by atoms with van der Waals surface area (Å²) in [5.41, 5.74) is 5.93. The van der Waals surface area contributed by atoms with E-state index in [-0.39, 0.29) is 23.7 Å². The minimum atomic E-state index is -0.336. The molecule has 102 valence electrons. The molecule has 0 aromatic heterocycles. The van der Waals surface area contributed by atoms with Gasteiger partial charge in [-0.25, -0.2) is 0 Å². The van der Waals surface area contributed by atoms with Crippen LogP contribution < -0.4 is 10.5 Å². The third-order valence-electron chi connectivity index (χ3n) is 3.60. The highest BCUT2D eigenvalue weighted by atomic mass is 16.5. The van der Waals surface area contributed by atoms with Crippen LogP contribution >= 0.6 is 0 Å². The summed E-state index contributed by atoms with van der Waals surface area (Å²) < 4.78 is 5.05. The molecule has 2 rings (SSSR count). The number of benzene rings is 1. The number of hydrogen-bond donors (Lipinski definition) is 1. The molecule has 0 bridgehead atoms. The monoisotopic (exact) mass is 262 g/mol. The van der Waals surface area contributed by atoms with Gasteiger partial charge in [0.05, 0.1) is 13.0 Å². The van der Waals surface area contributed by atoms with Crippen LogP contribution in [-0.2, 0) is 4.79 Å². The summed E-state index contributed by atoms with van der Waals surface area (Å²) in [6.07, 6.45) is 0. The minimum absolute atomic E-state index is 0.0711. The molecule has 19 heavy (non-hydrogen) atoms. The van der Waals surface area contributed by atoms with Gasteiger partial charge >= 0.3 is 0 Å². The Balaban J connectivity index is 2.10. The summed E-state index contributed by atoms with van der Waals surface area (Å²) in [4.78, 5) is 25.2. The van der Waals surface area contributed by atoms with Crippen LogP contribution in [0, 0.1) is 11.8 Å². The van der Waals surface area contributed by atoms with E-state index in [0.29, 0.717) is 24.4 Å². The Labute approximate surface area is 112 Å². The first-order chi connectivity index (χ1) is 9.02. The number of carbonyl (C=O) groups excluding carboxylic acids is 2. The minimum Gasteiger partial charge on any atom is -0.497 e. The quantitative estimate of drug-likeness (QED) is 0.879. The predicted molar refractivity (Wildman–Crippen MR) is 70.7 cm³/mol. The van der Waals surface area contributed by atoms with Crippen LogP contribution in [0.4, 0.5) is 0 Å². The smallest absolute Gasteiger partial charge is 0.253 e. The Bertz CT molecular complexity index is 484. The highest BCUT2D eigenvalue weighted by molar-refractivity contribution is 5.95. The molecule has 0 saturated carbocycles. The SMILES string of the molecule is COc1ccc(C(=O)N2C[C@@H](C)[C@H](C(N)=O)C2)cc1. The first-order valence-corrected chi connectivity index (χ1v) is 6.25. The fourth-order valence-electron chi connectivity index (χ4n) is 2.42. The topological polar surface area (TPSA) is 72.6 Å². The second-order valence-electron chi connectivity index (χ2n) is 4.92. The number of nitrogens with zero attached hydrogens (tertiary/aromatic N) is 1. The molecule has 5 nitrogen and oxygen atoms in total. The Morgan fingerprint density at radius 1 is 1.26 bits per heavy atom. The lowest BCUT2D eigenvalue weighted by atomic mass is 9.98. The van der Waals surface area contributed by atoms with Crippen LogP contribution in [0.2, 0.25) is 0 Å². The van der Waals surface area contributed by atoms with E-state index in [2.05, 4.69) is 0 Å². The summed E-state index contributed by atoms with van der Waals surface area (Å²) in [7, 11) is 1.58. The van der Waals surface area contributed by atoms with Gasteiger partial charge in [0.15, 0.2) is 0 Å². The van der Waals surface area contributed by atoms with Gasteiger partial charge in [-0.2, -0.15) is 0 Å². The van der Waals surface area contributed by atoms with Gasteiger partial charge in [-0.1, -0.05) is 6.92 Å². The molecule has 1 heterocycles. The van der Waals surface area contributed by atoms with Crippen molar-refractivity contribution in [2.45, 2.75) is 6.92 Å². The van der Waals surface area contributed by atoms with Crippen molar-refractivity contribution < 1.29 is 14.3 Å². The van der Waals surface area contributed by atoms with Crippen LogP contribution in [0.1, 0.15) is 17.3 Å². The van der Waals surface area contributed by atoms with Crippen molar-refractivity contribution >= 4 is 11.8 Å². The maximum atomic E-state index is 12.3. The standard InChI is InChI=1S/C14H18N2O3/c1-9-7-16(8-12(9)13(15)17)14(18)10-3-5-11(19-2)6-4-10/h3-6,9,12H,7-8H2,1-2H3,(H2,15,17)/t9-,12-/m1/s1. The van der Waals surface area contributed by atoms with Gasteiger partial charge in [0.1, 0.15) is 5.75 Å². The van der Waals surface area contributed by atoms with Gasteiger partial charge in [0.25, 0.3) is 5.91 Å². The molecule has 5 heteroatoms. The molecule has 1 aromatic carbocycles. The molecular formula is C14H18N2O3. The molecule has 1 aliphatic rings. The number of ether oxygens (including phenoxy) is 1. The summed E-state index contributed by atoms with van der Waals surface area (Å²) in [6.45, 7) is 2.91. The lowest BCUT2D eigenvalue weighted by molar-refractivity contribution is -0.122. The second kappa shape index (κ2) is 5.30. The molecule has 2 N–H and O–H groups in total. The molecular weight excluding hydrogens is 244 g/mol. The highest BCUT2D eigenvalue weighted by Crippen LogP contribution is 2.24.